The van der Waals surface area contributed by atoms with Crippen molar-refractivity contribution in [2.75, 3.05) is 0 Å². The monoisotopic (exact) mass is 297 g/mol. The molecule has 10 heteroatoms. The Hall–Kier alpha value is -2.54. The number of carbonyl (C=O) groups is 1. The second-order valence-corrected chi connectivity index (χ2v) is 4.47. The SMILES string of the molecule is N#Cc1cc(F)c(Sc2nnnn2CC(=O)O)c(F)c1. The van der Waals surface area contributed by atoms with Crippen LogP contribution in [0.25, 0.3) is 0 Å². The van der Waals surface area contributed by atoms with Crippen LogP contribution >= 0.6 is 11.8 Å². The maximum absolute atomic E-state index is 13.7. The van der Waals surface area contributed by atoms with E-state index in [1.165, 1.54) is 0 Å². The van der Waals surface area contributed by atoms with E-state index in [1.807, 2.05) is 0 Å². The number of rotatable bonds is 4. The average molecular weight is 297 g/mol. The van der Waals surface area contributed by atoms with E-state index in [2.05, 4.69) is 15.5 Å². The summed E-state index contributed by atoms with van der Waals surface area (Å²) in [6.45, 7) is -0.533. The summed E-state index contributed by atoms with van der Waals surface area (Å²) in [6.07, 6.45) is 0. The minimum Gasteiger partial charge on any atom is -0.480 e. The molecule has 0 saturated carbocycles. The standard InChI is InChI=1S/C10H5F2N5O2S/c11-6-1-5(3-13)2-7(12)9(6)20-10-14-15-16-17(10)4-8(18)19/h1-2H,4H2,(H,18,19). The van der Waals surface area contributed by atoms with Gasteiger partial charge >= 0.3 is 5.97 Å². The maximum Gasteiger partial charge on any atom is 0.325 e. The van der Waals surface area contributed by atoms with Crippen molar-refractivity contribution in [3.8, 4) is 6.07 Å². The minimum atomic E-state index is -1.19. The van der Waals surface area contributed by atoms with Gasteiger partial charge in [0.25, 0.3) is 0 Å². The van der Waals surface area contributed by atoms with Crippen LogP contribution in [0.5, 0.6) is 0 Å². The van der Waals surface area contributed by atoms with Gasteiger partial charge in [-0.15, -0.1) is 5.10 Å². The fourth-order valence-electron chi connectivity index (χ4n) is 1.31. The van der Waals surface area contributed by atoms with Crippen LogP contribution in [0.3, 0.4) is 0 Å². The van der Waals surface area contributed by atoms with E-state index in [0.29, 0.717) is 11.8 Å². The van der Waals surface area contributed by atoms with Crippen LogP contribution in [0.4, 0.5) is 8.78 Å². The predicted octanol–water partition coefficient (Wildman–Crippen LogP) is 1.06. The highest BCUT2D eigenvalue weighted by molar-refractivity contribution is 7.99. The second-order valence-electron chi connectivity index (χ2n) is 3.50. The number of aliphatic carboxylic acids is 1. The van der Waals surface area contributed by atoms with Crippen LogP contribution in [0.1, 0.15) is 5.56 Å². The zero-order chi connectivity index (χ0) is 14.7. The summed E-state index contributed by atoms with van der Waals surface area (Å²) < 4.78 is 28.2. The first-order chi connectivity index (χ1) is 9.51. The molecule has 0 unspecified atom stereocenters. The zero-order valence-electron chi connectivity index (χ0n) is 9.62. The Labute approximate surface area is 114 Å². The molecule has 7 nitrogen and oxygen atoms in total. The van der Waals surface area contributed by atoms with Gasteiger partial charge in [0.1, 0.15) is 18.2 Å². The van der Waals surface area contributed by atoms with Crippen molar-refractivity contribution in [1.29, 1.82) is 5.26 Å². The summed E-state index contributed by atoms with van der Waals surface area (Å²) in [5, 5.41) is 27.3. The molecule has 20 heavy (non-hydrogen) atoms. The first-order valence-electron chi connectivity index (χ1n) is 5.06. The van der Waals surface area contributed by atoms with Crippen molar-refractivity contribution in [3.05, 3.63) is 29.3 Å². The molecule has 0 fully saturated rings. The Morgan fingerprint density at radius 1 is 1.45 bits per heavy atom. The lowest BCUT2D eigenvalue weighted by molar-refractivity contribution is -0.138. The van der Waals surface area contributed by atoms with Gasteiger partial charge in [0.05, 0.1) is 16.5 Å². The number of carboxylic acids is 1. The molecule has 0 aliphatic rings. The van der Waals surface area contributed by atoms with Crippen molar-refractivity contribution in [2.45, 2.75) is 16.6 Å². The van der Waals surface area contributed by atoms with Gasteiger partial charge in [-0.2, -0.15) is 5.26 Å². The number of hydrogen-bond acceptors (Lipinski definition) is 6. The van der Waals surface area contributed by atoms with Gasteiger partial charge in [-0.3, -0.25) is 4.79 Å². The van der Waals surface area contributed by atoms with Gasteiger partial charge < -0.3 is 5.11 Å². The average Bonchev–Trinajstić information content (AvgIpc) is 2.80. The first-order valence-corrected chi connectivity index (χ1v) is 5.88. The quantitative estimate of drug-likeness (QED) is 0.899. The molecule has 0 radical (unpaired) electrons. The zero-order valence-corrected chi connectivity index (χ0v) is 10.4. The molecule has 0 amide bonds. The van der Waals surface area contributed by atoms with Crippen LogP contribution in [-0.4, -0.2) is 31.3 Å². The highest BCUT2D eigenvalue weighted by Gasteiger charge is 2.17. The number of hydrogen-bond donors (Lipinski definition) is 1. The molecule has 2 aromatic rings. The third-order valence-corrected chi connectivity index (χ3v) is 3.17. The molecule has 0 spiro atoms. The molecule has 1 aromatic carbocycles. The van der Waals surface area contributed by atoms with Gasteiger partial charge in [0.2, 0.25) is 5.16 Å². The van der Waals surface area contributed by atoms with Crippen LogP contribution in [0, 0.1) is 23.0 Å². The van der Waals surface area contributed by atoms with Gasteiger partial charge in [-0.25, -0.2) is 13.5 Å². The molecule has 1 heterocycles. The molecule has 0 bridgehead atoms. The van der Waals surface area contributed by atoms with E-state index < -0.39 is 29.0 Å². The number of halogens is 2. The van der Waals surface area contributed by atoms with E-state index in [0.717, 1.165) is 16.8 Å². The van der Waals surface area contributed by atoms with E-state index in [4.69, 9.17) is 10.4 Å². The number of aromatic nitrogens is 4. The molecule has 0 aliphatic carbocycles. The summed E-state index contributed by atoms with van der Waals surface area (Å²) in [6, 6.07) is 3.36. The molecule has 102 valence electrons. The number of carboxylic acid groups (broad SMARTS) is 1. The van der Waals surface area contributed by atoms with E-state index in [9.17, 15) is 13.6 Å². The summed E-state index contributed by atoms with van der Waals surface area (Å²) in [5.74, 6) is -3.09. The lowest BCUT2D eigenvalue weighted by Crippen LogP contribution is -2.11. The lowest BCUT2D eigenvalue weighted by atomic mass is 10.2. The smallest absolute Gasteiger partial charge is 0.325 e. The topological polar surface area (TPSA) is 105 Å². The van der Waals surface area contributed by atoms with Gasteiger partial charge in [-0.1, -0.05) is 0 Å². The third kappa shape index (κ3) is 2.89. The molecule has 0 saturated heterocycles. The summed E-state index contributed by atoms with van der Waals surface area (Å²) in [5.41, 5.74) is -0.158. The number of benzene rings is 1. The maximum atomic E-state index is 13.7. The normalized spacial score (nSPS) is 10.2. The Balaban J connectivity index is 2.34. The van der Waals surface area contributed by atoms with Gasteiger partial charge in [0.15, 0.2) is 0 Å². The lowest BCUT2D eigenvalue weighted by Gasteiger charge is -2.04. The van der Waals surface area contributed by atoms with Crippen LogP contribution in [0.15, 0.2) is 22.2 Å². The van der Waals surface area contributed by atoms with Crippen molar-refractivity contribution < 1.29 is 18.7 Å². The Kier molecular flexibility index (Phi) is 3.90. The third-order valence-electron chi connectivity index (χ3n) is 2.10. The van der Waals surface area contributed by atoms with Crippen LogP contribution in [-0.2, 0) is 11.3 Å². The fourth-order valence-corrected chi connectivity index (χ4v) is 2.09. The number of nitriles is 1. The molecule has 2 rings (SSSR count). The molecule has 0 aliphatic heterocycles. The van der Waals surface area contributed by atoms with Crippen molar-refractivity contribution >= 4 is 17.7 Å². The number of tetrazole rings is 1. The first kappa shape index (κ1) is 13.9. The minimum absolute atomic E-state index is 0.0742. The Bertz CT molecular complexity index is 689. The predicted molar refractivity (Wildman–Crippen MR) is 60.6 cm³/mol. The van der Waals surface area contributed by atoms with Gasteiger partial charge in [0, 0.05) is 0 Å². The van der Waals surface area contributed by atoms with Gasteiger partial charge in [-0.05, 0) is 34.3 Å². The van der Waals surface area contributed by atoms with E-state index >= 15 is 0 Å². The van der Waals surface area contributed by atoms with Crippen LogP contribution < -0.4 is 0 Å². The Morgan fingerprint density at radius 2 is 2.10 bits per heavy atom. The summed E-state index contributed by atoms with van der Waals surface area (Å²) >= 11 is 0.539. The van der Waals surface area contributed by atoms with Crippen molar-refractivity contribution in [1.82, 2.24) is 20.2 Å². The van der Waals surface area contributed by atoms with E-state index in [1.54, 1.807) is 6.07 Å². The summed E-state index contributed by atoms with van der Waals surface area (Å²) in [7, 11) is 0. The fraction of sp³-hybridized carbons (Fsp3) is 0.100. The summed E-state index contributed by atoms with van der Waals surface area (Å²) in [4.78, 5) is 10.2. The molecule has 1 aromatic heterocycles. The number of nitrogens with zero attached hydrogens (tertiary/aromatic N) is 5. The van der Waals surface area contributed by atoms with E-state index in [-0.39, 0.29) is 10.7 Å². The molecule has 0 atom stereocenters. The van der Waals surface area contributed by atoms with Crippen LogP contribution in [0.2, 0.25) is 0 Å². The molecular formula is C10H5F2N5O2S. The highest BCUT2D eigenvalue weighted by atomic mass is 32.2. The largest absolute Gasteiger partial charge is 0.480 e. The molecule has 1 N–H and O–H groups in total. The van der Waals surface area contributed by atoms with Crippen molar-refractivity contribution in [2.24, 2.45) is 0 Å². The Morgan fingerprint density at radius 3 is 2.65 bits per heavy atom. The van der Waals surface area contributed by atoms with Crippen molar-refractivity contribution in [3.63, 3.8) is 0 Å². The second kappa shape index (κ2) is 5.62. The molecular weight excluding hydrogens is 292 g/mol. The highest BCUT2D eigenvalue weighted by Crippen LogP contribution is 2.31.